The SMILES string of the molecule is CN1C(=O)NC(=O)C(=Cc2ccc(-c3ccc(OC(F)(F)F)cc3)o2)C1=O. The number of hydrogen-bond acceptors (Lipinski definition) is 5. The van der Waals surface area contributed by atoms with Crippen molar-refractivity contribution in [3.05, 3.63) is 47.7 Å². The van der Waals surface area contributed by atoms with E-state index in [-0.39, 0.29) is 17.1 Å². The summed E-state index contributed by atoms with van der Waals surface area (Å²) in [6.07, 6.45) is -3.61. The number of barbiturate groups is 1. The van der Waals surface area contributed by atoms with Crippen molar-refractivity contribution in [2.45, 2.75) is 6.36 Å². The summed E-state index contributed by atoms with van der Waals surface area (Å²) >= 11 is 0. The smallest absolute Gasteiger partial charge is 0.457 e. The van der Waals surface area contributed by atoms with Crippen LogP contribution in [0.25, 0.3) is 17.4 Å². The molecule has 0 saturated carbocycles. The number of nitrogens with one attached hydrogen (secondary N) is 1. The molecule has 1 aromatic heterocycles. The molecular weight excluding hydrogens is 369 g/mol. The number of furan rings is 1. The zero-order valence-corrected chi connectivity index (χ0v) is 13.7. The minimum absolute atomic E-state index is 0.155. The molecule has 0 unspecified atom stereocenters. The van der Waals surface area contributed by atoms with Gasteiger partial charge in [-0.15, -0.1) is 13.2 Å². The van der Waals surface area contributed by atoms with E-state index in [4.69, 9.17) is 4.42 Å². The van der Waals surface area contributed by atoms with Gasteiger partial charge < -0.3 is 9.15 Å². The molecule has 0 spiro atoms. The van der Waals surface area contributed by atoms with Crippen molar-refractivity contribution in [3.63, 3.8) is 0 Å². The van der Waals surface area contributed by atoms with Crippen LogP contribution in [-0.2, 0) is 9.59 Å². The number of carbonyl (C=O) groups excluding carboxylic acids is 3. The fraction of sp³-hybridized carbons (Fsp3) is 0.118. The summed E-state index contributed by atoms with van der Waals surface area (Å²) in [5, 5.41) is 2.00. The molecule has 0 aliphatic carbocycles. The van der Waals surface area contributed by atoms with E-state index < -0.39 is 24.2 Å². The third-order valence-electron chi connectivity index (χ3n) is 3.59. The van der Waals surface area contributed by atoms with E-state index in [2.05, 4.69) is 4.74 Å². The predicted molar refractivity (Wildman–Crippen MR) is 85.1 cm³/mol. The second kappa shape index (κ2) is 6.63. The van der Waals surface area contributed by atoms with E-state index in [0.717, 1.165) is 17.0 Å². The Bertz CT molecular complexity index is 944. The number of rotatable bonds is 3. The van der Waals surface area contributed by atoms with Gasteiger partial charge in [-0.1, -0.05) is 0 Å². The Balaban J connectivity index is 1.82. The average Bonchev–Trinajstić information content (AvgIpc) is 3.05. The lowest BCUT2D eigenvalue weighted by Crippen LogP contribution is -2.52. The van der Waals surface area contributed by atoms with E-state index in [9.17, 15) is 27.6 Å². The maximum absolute atomic E-state index is 12.2. The van der Waals surface area contributed by atoms with Crippen molar-refractivity contribution >= 4 is 23.9 Å². The van der Waals surface area contributed by atoms with Crippen molar-refractivity contribution in [2.75, 3.05) is 7.05 Å². The van der Waals surface area contributed by atoms with E-state index in [1.807, 2.05) is 5.32 Å². The number of alkyl halides is 3. The molecular formula is C17H11F3N2O5. The zero-order valence-electron chi connectivity index (χ0n) is 13.7. The first-order valence-corrected chi connectivity index (χ1v) is 7.45. The van der Waals surface area contributed by atoms with Gasteiger partial charge in [0.25, 0.3) is 11.8 Å². The van der Waals surface area contributed by atoms with E-state index in [1.165, 1.54) is 37.4 Å². The molecule has 2 aromatic rings. The lowest BCUT2D eigenvalue weighted by atomic mass is 10.1. The van der Waals surface area contributed by atoms with Crippen molar-refractivity contribution in [2.24, 2.45) is 0 Å². The average molecular weight is 380 g/mol. The third kappa shape index (κ3) is 4.00. The van der Waals surface area contributed by atoms with Gasteiger partial charge in [-0.25, -0.2) is 4.79 Å². The summed E-state index contributed by atoms with van der Waals surface area (Å²) in [7, 11) is 1.22. The molecule has 140 valence electrons. The van der Waals surface area contributed by atoms with Crippen LogP contribution >= 0.6 is 0 Å². The van der Waals surface area contributed by atoms with Gasteiger partial charge in [0, 0.05) is 12.6 Å². The van der Waals surface area contributed by atoms with Gasteiger partial charge in [0.2, 0.25) is 0 Å². The highest BCUT2D eigenvalue weighted by Gasteiger charge is 2.33. The molecule has 3 rings (SSSR count). The molecule has 7 nitrogen and oxygen atoms in total. The summed E-state index contributed by atoms with van der Waals surface area (Å²) in [4.78, 5) is 35.9. The molecule has 1 aliphatic heterocycles. The number of likely N-dealkylation sites (N-methyl/N-ethyl adjacent to an activating group) is 1. The van der Waals surface area contributed by atoms with Gasteiger partial charge in [0.05, 0.1) is 0 Å². The van der Waals surface area contributed by atoms with Crippen LogP contribution in [-0.4, -0.2) is 36.2 Å². The second-order valence-corrected chi connectivity index (χ2v) is 5.46. The predicted octanol–water partition coefficient (Wildman–Crippen LogP) is 2.94. The first kappa shape index (κ1) is 18.2. The highest BCUT2D eigenvalue weighted by Crippen LogP contribution is 2.28. The Hall–Kier alpha value is -3.56. The summed E-state index contributed by atoms with van der Waals surface area (Å²) < 4.78 is 45.8. The van der Waals surface area contributed by atoms with Crippen molar-refractivity contribution in [1.82, 2.24) is 10.2 Å². The van der Waals surface area contributed by atoms with Gasteiger partial charge in [-0.05, 0) is 42.5 Å². The highest BCUT2D eigenvalue weighted by molar-refractivity contribution is 6.30. The molecule has 4 amide bonds. The summed E-state index contributed by atoms with van der Waals surface area (Å²) in [6.45, 7) is 0. The number of urea groups is 1. The van der Waals surface area contributed by atoms with Gasteiger partial charge in [-0.3, -0.25) is 19.8 Å². The monoisotopic (exact) mass is 380 g/mol. The van der Waals surface area contributed by atoms with E-state index in [0.29, 0.717) is 11.3 Å². The molecule has 1 N–H and O–H groups in total. The van der Waals surface area contributed by atoms with Gasteiger partial charge in [0.15, 0.2) is 0 Å². The Kier molecular flexibility index (Phi) is 4.48. The number of imide groups is 2. The molecule has 0 bridgehead atoms. The maximum Gasteiger partial charge on any atom is 0.573 e. The Labute approximate surface area is 150 Å². The minimum Gasteiger partial charge on any atom is -0.457 e. The molecule has 1 aliphatic rings. The summed E-state index contributed by atoms with van der Waals surface area (Å²) in [5.41, 5.74) is 0.174. The van der Waals surface area contributed by atoms with Crippen LogP contribution in [0.2, 0.25) is 0 Å². The number of halogens is 3. The van der Waals surface area contributed by atoms with E-state index in [1.54, 1.807) is 0 Å². The maximum atomic E-state index is 12.2. The van der Waals surface area contributed by atoms with Crippen molar-refractivity contribution < 1.29 is 36.7 Å². The third-order valence-corrected chi connectivity index (χ3v) is 3.59. The van der Waals surface area contributed by atoms with Crippen LogP contribution in [0, 0.1) is 0 Å². The Morgan fingerprint density at radius 1 is 1.07 bits per heavy atom. The molecule has 27 heavy (non-hydrogen) atoms. The molecule has 0 atom stereocenters. The first-order chi connectivity index (χ1) is 12.6. The zero-order chi connectivity index (χ0) is 19.8. The molecule has 2 heterocycles. The van der Waals surface area contributed by atoms with Crippen LogP contribution in [0.5, 0.6) is 5.75 Å². The molecule has 1 fully saturated rings. The number of amides is 4. The van der Waals surface area contributed by atoms with E-state index >= 15 is 0 Å². The molecule has 1 aromatic carbocycles. The fourth-order valence-electron chi connectivity index (χ4n) is 2.29. The van der Waals surface area contributed by atoms with Crippen molar-refractivity contribution in [3.8, 4) is 17.1 Å². The topological polar surface area (TPSA) is 88.8 Å². The fourth-order valence-corrected chi connectivity index (χ4v) is 2.29. The number of ether oxygens (including phenoxy) is 1. The van der Waals surface area contributed by atoms with Crippen LogP contribution in [0.4, 0.5) is 18.0 Å². The normalized spacial score (nSPS) is 16.7. The summed E-state index contributed by atoms with van der Waals surface area (Å²) in [5.74, 6) is -1.56. The minimum atomic E-state index is -4.78. The first-order valence-electron chi connectivity index (χ1n) is 7.45. The lowest BCUT2D eigenvalue weighted by molar-refractivity contribution is -0.274. The van der Waals surface area contributed by atoms with Crippen LogP contribution in [0.15, 0.2) is 46.4 Å². The van der Waals surface area contributed by atoms with Crippen molar-refractivity contribution in [1.29, 1.82) is 0 Å². The Morgan fingerprint density at radius 2 is 1.74 bits per heavy atom. The molecule has 0 radical (unpaired) electrons. The van der Waals surface area contributed by atoms with Crippen LogP contribution in [0.3, 0.4) is 0 Å². The summed E-state index contributed by atoms with van der Waals surface area (Å²) in [6, 6.07) is 7.14. The largest absolute Gasteiger partial charge is 0.573 e. The van der Waals surface area contributed by atoms with Gasteiger partial charge in [0.1, 0.15) is 22.8 Å². The number of nitrogens with zero attached hydrogens (tertiary/aromatic N) is 1. The van der Waals surface area contributed by atoms with Crippen LogP contribution < -0.4 is 10.1 Å². The van der Waals surface area contributed by atoms with Crippen LogP contribution in [0.1, 0.15) is 5.76 Å². The lowest BCUT2D eigenvalue weighted by Gasteiger charge is -2.21. The quantitative estimate of drug-likeness (QED) is 0.653. The standard InChI is InChI=1S/C17H11F3N2O5/c1-22-15(24)12(14(23)21-16(22)25)8-11-6-7-13(26-11)9-2-4-10(5-3-9)27-17(18,19)20/h2-8H,1H3,(H,21,23,25). The number of hydrogen-bond donors (Lipinski definition) is 1. The molecule has 10 heteroatoms. The van der Waals surface area contributed by atoms with Gasteiger partial charge in [-0.2, -0.15) is 0 Å². The molecule has 1 saturated heterocycles. The second-order valence-electron chi connectivity index (χ2n) is 5.46. The number of carbonyl (C=O) groups is 3. The number of benzene rings is 1. The highest BCUT2D eigenvalue weighted by atomic mass is 19.4. The van der Waals surface area contributed by atoms with Gasteiger partial charge >= 0.3 is 12.4 Å². The Morgan fingerprint density at radius 3 is 2.37 bits per heavy atom.